The SMILES string of the molecule is Cc1ccoc1C(=O)NC[C@@H]1CC[C@H](CC(=O)NCCc2cccnc2)N1C. The van der Waals surface area contributed by atoms with Crippen LogP contribution < -0.4 is 10.6 Å². The number of nitrogens with one attached hydrogen (secondary N) is 2. The summed E-state index contributed by atoms with van der Waals surface area (Å²) in [7, 11) is 2.02. The Balaban J connectivity index is 1.38. The van der Waals surface area contributed by atoms with Crippen LogP contribution in [-0.4, -0.2) is 53.9 Å². The largest absolute Gasteiger partial charge is 0.459 e. The molecular weight excluding hydrogens is 356 g/mol. The summed E-state index contributed by atoms with van der Waals surface area (Å²) < 4.78 is 5.23. The van der Waals surface area contributed by atoms with Gasteiger partial charge in [-0.25, -0.2) is 0 Å². The molecule has 0 unspecified atom stereocenters. The summed E-state index contributed by atoms with van der Waals surface area (Å²) in [5.74, 6) is 0.245. The Hall–Kier alpha value is -2.67. The van der Waals surface area contributed by atoms with Crippen molar-refractivity contribution in [2.24, 2.45) is 0 Å². The van der Waals surface area contributed by atoms with E-state index in [0.29, 0.717) is 25.3 Å². The number of hydrogen-bond acceptors (Lipinski definition) is 5. The molecule has 28 heavy (non-hydrogen) atoms. The second-order valence-corrected chi connectivity index (χ2v) is 7.36. The number of hydrogen-bond donors (Lipinski definition) is 2. The van der Waals surface area contributed by atoms with Crippen molar-refractivity contribution in [1.29, 1.82) is 0 Å². The Kier molecular flexibility index (Phi) is 6.81. The summed E-state index contributed by atoms with van der Waals surface area (Å²) >= 11 is 0. The highest BCUT2D eigenvalue weighted by molar-refractivity contribution is 5.92. The minimum atomic E-state index is -0.188. The first-order chi connectivity index (χ1) is 13.5. The molecular formula is C21H28N4O3. The monoisotopic (exact) mass is 384 g/mol. The molecule has 2 N–H and O–H groups in total. The fourth-order valence-corrected chi connectivity index (χ4v) is 3.66. The summed E-state index contributed by atoms with van der Waals surface area (Å²) in [5, 5.41) is 5.94. The van der Waals surface area contributed by atoms with Crippen molar-refractivity contribution < 1.29 is 14.0 Å². The number of amides is 2. The van der Waals surface area contributed by atoms with Crippen molar-refractivity contribution in [2.75, 3.05) is 20.1 Å². The van der Waals surface area contributed by atoms with Gasteiger partial charge in [0.2, 0.25) is 5.91 Å². The van der Waals surface area contributed by atoms with Gasteiger partial charge in [0.1, 0.15) is 0 Å². The van der Waals surface area contributed by atoms with Gasteiger partial charge in [0.15, 0.2) is 5.76 Å². The summed E-state index contributed by atoms with van der Waals surface area (Å²) in [6, 6.07) is 6.11. The molecule has 2 amide bonds. The Bertz CT molecular complexity index is 790. The van der Waals surface area contributed by atoms with Crippen LogP contribution in [0.15, 0.2) is 41.3 Å². The molecule has 0 radical (unpaired) electrons. The van der Waals surface area contributed by atoms with Crippen molar-refractivity contribution >= 4 is 11.8 Å². The first kappa shape index (κ1) is 20.1. The maximum Gasteiger partial charge on any atom is 0.287 e. The molecule has 7 nitrogen and oxygen atoms in total. The molecule has 1 saturated heterocycles. The molecule has 3 heterocycles. The molecule has 7 heteroatoms. The molecule has 150 valence electrons. The first-order valence-corrected chi connectivity index (χ1v) is 9.74. The Labute approximate surface area is 165 Å². The number of carbonyl (C=O) groups is 2. The summed E-state index contributed by atoms with van der Waals surface area (Å²) in [6.45, 7) is 3.01. The average molecular weight is 384 g/mol. The predicted molar refractivity (Wildman–Crippen MR) is 106 cm³/mol. The van der Waals surface area contributed by atoms with Gasteiger partial charge in [-0.1, -0.05) is 6.07 Å². The third kappa shape index (κ3) is 5.19. The van der Waals surface area contributed by atoms with Crippen LogP contribution in [0.1, 0.15) is 40.9 Å². The summed E-state index contributed by atoms with van der Waals surface area (Å²) in [4.78, 5) is 30.7. The van der Waals surface area contributed by atoms with E-state index in [-0.39, 0.29) is 23.9 Å². The number of nitrogens with zero attached hydrogens (tertiary/aromatic N) is 2. The molecule has 3 rings (SSSR count). The van der Waals surface area contributed by atoms with E-state index in [1.807, 2.05) is 32.3 Å². The number of rotatable bonds is 8. The predicted octanol–water partition coefficient (Wildman–Crippen LogP) is 1.92. The lowest BCUT2D eigenvalue weighted by Crippen LogP contribution is -2.42. The summed E-state index contributed by atoms with van der Waals surface area (Å²) in [6.07, 6.45) is 8.25. The normalized spacial score (nSPS) is 19.5. The van der Waals surface area contributed by atoms with E-state index in [1.54, 1.807) is 12.3 Å². The highest BCUT2D eigenvalue weighted by atomic mass is 16.3. The Morgan fingerprint density at radius 3 is 2.79 bits per heavy atom. The van der Waals surface area contributed by atoms with Gasteiger partial charge in [-0.3, -0.25) is 19.5 Å². The molecule has 2 atom stereocenters. The van der Waals surface area contributed by atoms with Crippen molar-refractivity contribution in [3.8, 4) is 0 Å². The maximum atomic E-state index is 12.3. The molecule has 0 aliphatic carbocycles. The van der Waals surface area contributed by atoms with Crippen LogP contribution in [0.4, 0.5) is 0 Å². The van der Waals surface area contributed by atoms with Gasteiger partial charge in [-0.2, -0.15) is 0 Å². The smallest absolute Gasteiger partial charge is 0.287 e. The Morgan fingerprint density at radius 1 is 1.25 bits per heavy atom. The highest BCUT2D eigenvalue weighted by Crippen LogP contribution is 2.24. The number of carbonyl (C=O) groups excluding carboxylic acids is 2. The van der Waals surface area contributed by atoms with Gasteiger partial charge < -0.3 is 15.1 Å². The lowest BCUT2D eigenvalue weighted by Gasteiger charge is -2.25. The molecule has 0 aromatic carbocycles. The van der Waals surface area contributed by atoms with Crippen molar-refractivity contribution in [1.82, 2.24) is 20.5 Å². The third-order valence-electron chi connectivity index (χ3n) is 5.43. The van der Waals surface area contributed by atoms with Crippen LogP contribution in [-0.2, 0) is 11.2 Å². The number of furan rings is 1. The number of aromatic nitrogens is 1. The van der Waals surface area contributed by atoms with Gasteiger partial charge in [-0.05, 0) is 50.9 Å². The fourth-order valence-electron chi connectivity index (χ4n) is 3.66. The quantitative estimate of drug-likeness (QED) is 0.726. The molecule has 0 bridgehead atoms. The second-order valence-electron chi connectivity index (χ2n) is 7.36. The van der Waals surface area contributed by atoms with Crippen molar-refractivity contribution in [2.45, 2.75) is 44.7 Å². The third-order valence-corrected chi connectivity index (χ3v) is 5.43. The second kappa shape index (κ2) is 9.50. The van der Waals surface area contributed by atoms with E-state index < -0.39 is 0 Å². The van der Waals surface area contributed by atoms with Crippen LogP contribution in [0.3, 0.4) is 0 Å². The van der Waals surface area contributed by atoms with E-state index in [1.165, 1.54) is 6.26 Å². The number of aryl methyl sites for hydroxylation is 1. The molecule has 1 aliphatic rings. The van der Waals surface area contributed by atoms with E-state index >= 15 is 0 Å². The van der Waals surface area contributed by atoms with Gasteiger partial charge in [0.25, 0.3) is 5.91 Å². The van der Waals surface area contributed by atoms with E-state index in [0.717, 1.165) is 30.4 Å². The molecule has 2 aromatic rings. The van der Waals surface area contributed by atoms with E-state index in [2.05, 4.69) is 20.5 Å². The van der Waals surface area contributed by atoms with Crippen LogP contribution >= 0.6 is 0 Å². The average Bonchev–Trinajstić information content (AvgIpc) is 3.27. The Morgan fingerprint density at radius 2 is 2.07 bits per heavy atom. The first-order valence-electron chi connectivity index (χ1n) is 9.74. The minimum absolute atomic E-state index is 0.0663. The van der Waals surface area contributed by atoms with Crippen molar-refractivity contribution in [3.05, 3.63) is 53.7 Å². The van der Waals surface area contributed by atoms with Gasteiger partial charge in [0, 0.05) is 49.6 Å². The lowest BCUT2D eigenvalue weighted by atomic mass is 10.1. The molecule has 1 fully saturated rings. The maximum absolute atomic E-state index is 12.3. The lowest BCUT2D eigenvalue weighted by molar-refractivity contribution is -0.122. The summed E-state index contributed by atoms with van der Waals surface area (Å²) in [5.41, 5.74) is 1.95. The zero-order chi connectivity index (χ0) is 19.9. The van der Waals surface area contributed by atoms with Crippen LogP contribution in [0.2, 0.25) is 0 Å². The minimum Gasteiger partial charge on any atom is -0.459 e. The van der Waals surface area contributed by atoms with E-state index in [9.17, 15) is 9.59 Å². The number of pyridine rings is 1. The molecule has 0 saturated carbocycles. The molecule has 0 spiro atoms. The number of likely N-dealkylation sites (tertiary alicyclic amines) is 1. The topological polar surface area (TPSA) is 87.5 Å². The zero-order valence-corrected chi connectivity index (χ0v) is 16.5. The van der Waals surface area contributed by atoms with Crippen LogP contribution in [0.5, 0.6) is 0 Å². The standard InChI is InChI=1S/C21H28N4O3/c1-15-8-11-28-20(15)21(27)24-14-18-6-5-17(25(18)2)12-19(26)23-10-7-16-4-3-9-22-13-16/h3-4,8-9,11,13,17-18H,5-7,10,12,14H2,1-2H3,(H,23,26)(H,24,27)/t17-,18+/m1/s1. The van der Waals surface area contributed by atoms with Gasteiger partial charge >= 0.3 is 0 Å². The van der Waals surface area contributed by atoms with Gasteiger partial charge in [0.05, 0.1) is 6.26 Å². The zero-order valence-electron chi connectivity index (χ0n) is 16.5. The van der Waals surface area contributed by atoms with Crippen molar-refractivity contribution in [3.63, 3.8) is 0 Å². The molecule has 2 aromatic heterocycles. The molecule has 1 aliphatic heterocycles. The van der Waals surface area contributed by atoms with Gasteiger partial charge in [-0.15, -0.1) is 0 Å². The fraction of sp³-hybridized carbons (Fsp3) is 0.476. The number of likely N-dealkylation sites (N-methyl/N-ethyl adjacent to an activating group) is 1. The van der Waals surface area contributed by atoms with Crippen LogP contribution in [0, 0.1) is 6.92 Å². The van der Waals surface area contributed by atoms with Crippen LogP contribution in [0.25, 0.3) is 0 Å². The van der Waals surface area contributed by atoms with E-state index in [4.69, 9.17) is 4.42 Å². The highest BCUT2D eigenvalue weighted by Gasteiger charge is 2.32.